The Bertz CT molecular complexity index is 896. The molecule has 3 rings (SSSR count). The molecule has 0 fully saturated rings. The fourth-order valence-corrected chi connectivity index (χ4v) is 2.52. The van der Waals surface area contributed by atoms with E-state index in [0.29, 0.717) is 23.3 Å². The molecular formula is C18H16N4O2. The molecule has 0 aliphatic rings. The van der Waals surface area contributed by atoms with Crippen molar-refractivity contribution in [1.29, 1.82) is 5.26 Å². The Labute approximate surface area is 139 Å². The van der Waals surface area contributed by atoms with Crippen LogP contribution in [0.2, 0.25) is 0 Å². The highest BCUT2D eigenvalue weighted by atomic mass is 16.5. The van der Waals surface area contributed by atoms with Crippen LogP contribution >= 0.6 is 0 Å². The van der Waals surface area contributed by atoms with Gasteiger partial charge in [0.05, 0.1) is 17.7 Å². The Hall–Kier alpha value is -3.20. The van der Waals surface area contributed by atoms with Crippen LogP contribution in [0.4, 0.5) is 0 Å². The number of fused-ring (bicyclic) bond motifs is 1. The maximum absolute atomic E-state index is 12.4. The lowest BCUT2D eigenvalue weighted by Gasteiger charge is -2.10. The van der Waals surface area contributed by atoms with E-state index in [9.17, 15) is 10.1 Å². The molecule has 0 N–H and O–H groups in total. The minimum absolute atomic E-state index is 0.0356. The maximum atomic E-state index is 12.4. The number of aryl methyl sites for hydroxylation is 1. The summed E-state index contributed by atoms with van der Waals surface area (Å²) in [6.45, 7) is 1.77. The SMILES string of the molecule is Cc1nn2cccnc2c1C(=O)OCC(C#N)Cc1ccccc1. The molecule has 24 heavy (non-hydrogen) atoms. The third kappa shape index (κ3) is 3.25. The first-order chi connectivity index (χ1) is 11.7. The average molecular weight is 320 g/mol. The molecule has 0 saturated carbocycles. The highest BCUT2D eigenvalue weighted by Crippen LogP contribution is 2.15. The Morgan fingerprint density at radius 1 is 1.33 bits per heavy atom. The van der Waals surface area contributed by atoms with Crippen molar-refractivity contribution in [1.82, 2.24) is 14.6 Å². The number of nitriles is 1. The van der Waals surface area contributed by atoms with Gasteiger partial charge in [0.2, 0.25) is 0 Å². The zero-order valence-electron chi connectivity index (χ0n) is 13.2. The van der Waals surface area contributed by atoms with Crippen molar-refractivity contribution in [3.63, 3.8) is 0 Å². The third-order valence-electron chi connectivity index (χ3n) is 3.70. The van der Waals surface area contributed by atoms with Gasteiger partial charge in [-0.15, -0.1) is 0 Å². The molecule has 0 amide bonds. The summed E-state index contributed by atoms with van der Waals surface area (Å²) in [5, 5.41) is 13.5. The Kier molecular flexibility index (Phi) is 4.52. The van der Waals surface area contributed by atoms with Gasteiger partial charge in [0, 0.05) is 12.4 Å². The second-order valence-electron chi connectivity index (χ2n) is 5.46. The van der Waals surface area contributed by atoms with E-state index in [1.807, 2.05) is 30.3 Å². The van der Waals surface area contributed by atoms with Crippen LogP contribution in [-0.4, -0.2) is 27.2 Å². The van der Waals surface area contributed by atoms with Crippen molar-refractivity contribution in [2.24, 2.45) is 5.92 Å². The van der Waals surface area contributed by atoms with Gasteiger partial charge < -0.3 is 4.74 Å². The van der Waals surface area contributed by atoms with Crippen LogP contribution in [0.15, 0.2) is 48.8 Å². The molecule has 0 bridgehead atoms. The molecule has 2 heterocycles. The highest BCUT2D eigenvalue weighted by Gasteiger charge is 2.21. The van der Waals surface area contributed by atoms with E-state index in [0.717, 1.165) is 5.56 Å². The molecule has 1 atom stereocenters. The molecule has 6 heteroatoms. The van der Waals surface area contributed by atoms with Crippen LogP contribution < -0.4 is 0 Å². The van der Waals surface area contributed by atoms with Gasteiger partial charge in [0.15, 0.2) is 5.65 Å². The number of nitrogens with zero attached hydrogens (tertiary/aromatic N) is 4. The number of carbonyl (C=O) groups excluding carboxylic acids is 1. The number of rotatable bonds is 5. The Morgan fingerprint density at radius 3 is 2.88 bits per heavy atom. The number of carbonyl (C=O) groups is 1. The molecule has 0 aliphatic heterocycles. The van der Waals surface area contributed by atoms with Crippen LogP contribution in [0.25, 0.3) is 5.65 Å². The molecule has 120 valence electrons. The zero-order chi connectivity index (χ0) is 16.9. The van der Waals surface area contributed by atoms with E-state index in [1.54, 1.807) is 25.4 Å². The van der Waals surface area contributed by atoms with Gasteiger partial charge in [-0.3, -0.25) is 0 Å². The Morgan fingerprint density at radius 2 is 2.12 bits per heavy atom. The van der Waals surface area contributed by atoms with Crippen molar-refractivity contribution in [2.75, 3.05) is 6.61 Å². The summed E-state index contributed by atoms with van der Waals surface area (Å²) < 4.78 is 6.89. The topological polar surface area (TPSA) is 80.3 Å². The molecule has 0 saturated heterocycles. The molecule has 3 aromatic rings. The normalized spacial score (nSPS) is 11.8. The van der Waals surface area contributed by atoms with Crippen molar-refractivity contribution in [3.05, 3.63) is 65.6 Å². The lowest BCUT2D eigenvalue weighted by molar-refractivity contribution is 0.0469. The summed E-state index contributed by atoms with van der Waals surface area (Å²) in [5.41, 5.74) is 2.38. The van der Waals surface area contributed by atoms with Crippen molar-refractivity contribution in [3.8, 4) is 6.07 Å². The molecule has 0 radical (unpaired) electrons. The minimum Gasteiger partial charge on any atom is -0.461 e. The standard InChI is InChI=1S/C18H16N4O2/c1-13-16(17-20-8-5-9-22(17)21-13)18(23)24-12-15(11-19)10-14-6-3-2-4-7-14/h2-9,15H,10,12H2,1H3. The molecule has 1 unspecified atom stereocenters. The highest BCUT2D eigenvalue weighted by molar-refractivity contribution is 5.97. The predicted molar refractivity (Wildman–Crippen MR) is 87.3 cm³/mol. The van der Waals surface area contributed by atoms with Gasteiger partial charge in [-0.2, -0.15) is 10.4 Å². The minimum atomic E-state index is -0.505. The van der Waals surface area contributed by atoms with Crippen molar-refractivity contribution >= 4 is 11.6 Å². The quantitative estimate of drug-likeness (QED) is 0.675. The summed E-state index contributed by atoms with van der Waals surface area (Å²) in [6, 6.07) is 13.6. The summed E-state index contributed by atoms with van der Waals surface area (Å²) in [4.78, 5) is 16.6. The molecule has 6 nitrogen and oxygen atoms in total. The monoisotopic (exact) mass is 320 g/mol. The number of esters is 1. The summed E-state index contributed by atoms with van der Waals surface area (Å²) in [6.07, 6.45) is 3.86. The zero-order valence-corrected chi connectivity index (χ0v) is 13.2. The van der Waals surface area contributed by atoms with E-state index < -0.39 is 11.9 Å². The van der Waals surface area contributed by atoms with E-state index in [2.05, 4.69) is 16.2 Å². The fourth-order valence-electron chi connectivity index (χ4n) is 2.52. The van der Waals surface area contributed by atoms with Gasteiger partial charge in [-0.25, -0.2) is 14.3 Å². The van der Waals surface area contributed by atoms with Crippen molar-refractivity contribution < 1.29 is 9.53 Å². The third-order valence-corrected chi connectivity index (χ3v) is 3.70. The molecule has 2 aromatic heterocycles. The van der Waals surface area contributed by atoms with E-state index >= 15 is 0 Å². The molecule has 0 spiro atoms. The summed E-state index contributed by atoms with van der Waals surface area (Å²) in [7, 11) is 0. The number of hydrogen-bond acceptors (Lipinski definition) is 5. The van der Waals surface area contributed by atoms with Gasteiger partial charge in [-0.05, 0) is 25.0 Å². The van der Waals surface area contributed by atoms with Crippen molar-refractivity contribution in [2.45, 2.75) is 13.3 Å². The largest absolute Gasteiger partial charge is 0.461 e. The second-order valence-corrected chi connectivity index (χ2v) is 5.46. The summed E-state index contributed by atoms with van der Waals surface area (Å²) >= 11 is 0. The Balaban J connectivity index is 1.70. The van der Waals surface area contributed by atoms with Crippen LogP contribution in [0.1, 0.15) is 21.6 Å². The smallest absolute Gasteiger partial charge is 0.343 e. The van der Waals surface area contributed by atoms with E-state index in [4.69, 9.17) is 4.74 Å². The fraction of sp³-hybridized carbons (Fsp3) is 0.222. The first-order valence-corrected chi connectivity index (χ1v) is 7.59. The number of aromatic nitrogens is 3. The van der Waals surface area contributed by atoms with Gasteiger partial charge in [0.25, 0.3) is 0 Å². The second kappa shape index (κ2) is 6.92. The molecule has 1 aromatic carbocycles. The first kappa shape index (κ1) is 15.7. The molecular weight excluding hydrogens is 304 g/mol. The van der Waals surface area contributed by atoms with Crippen LogP contribution in [0.3, 0.4) is 0 Å². The molecule has 0 aliphatic carbocycles. The van der Waals surface area contributed by atoms with E-state index in [-0.39, 0.29) is 6.61 Å². The number of hydrogen-bond donors (Lipinski definition) is 0. The van der Waals surface area contributed by atoms with Crippen LogP contribution in [0, 0.1) is 24.2 Å². The van der Waals surface area contributed by atoms with Gasteiger partial charge in [0.1, 0.15) is 12.2 Å². The summed E-state index contributed by atoms with van der Waals surface area (Å²) in [5.74, 6) is -0.902. The lowest BCUT2D eigenvalue weighted by atomic mass is 10.0. The van der Waals surface area contributed by atoms with E-state index in [1.165, 1.54) is 4.52 Å². The van der Waals surface area contributed by atoms with Crippen LogP contribution in [0.5, 0.6) is 0 Å². The van der Waals surface area contributed by atoms with Gasteiger partial charge in [-0.1, -0.05) is 30.3 Å². The van der Waals surface area contributed by atoms with Gasteiger partial charge >= 0.3 is 5.97 Å². The number of ether oxygens (including phenoxy) is 1. The number of benzene rings is 1. The van der Waals surface area contributed by atoms with Crippen LogP contribution in [-0.2, 0) is 11.2 Å². The predicted octanol–water partition coefficient (Wildman–Crippen LogP) is 2.58. The first-order valence-electron chi connectivity index (χ1n) is 7.59. The average Bonchev–Trinajstić information content (AvgIpc) is 2.95. The lowest BCUT2D eigenvalue weighted by Crippen LogP contribution is -2.16. The maximum Gasteiger partial charge on any atom is 0.343 e.